The average molecular weight is 406 g/mol. The molecule has 1 aromatic carbocycles. The zero-order chi connectivity index (χ0) is 21.0. The summed E-state index contributed by atoms with van der Waals surface area (Å²) in [5, 5.41) is 14.2. The number of nitrogen functional groups attached to an aromatic ring is 1. The standard InChI is InChI=1S/C21H19FN6O2/c1-10-13-7-12(22)3-4-17(13)30-18-6-11(18)5-14-19(16(8-23)28(2)27-14)15-9-25-20(24)21(26-15)29-10/h3-4,7,9-11,18H,5-6H2,1-2H3,(H2,24,25). The van der Waals surface area contributed by atoms with Crippen molar-refractivity contribution in [2.45, 2.75) is 32.0 Å². The van der Waals surface area contributed by atoms with E-state index in [1.54, 1.807) is 24.7 Å². The first kappa shape index (κ1) is 18.4. The van der Waals surface area contributed by atoms with Crippen molar-refractivity contribution in [3.63, 3.8) is 0 Å². The Balaban J connectivity index is 1.68. The number of nitrogens with zero attached hydrogens (tertiary/aromatic N) is 5. The minimum Gasteiger partial charge on any atom is -0.490 e. The Morgan fingerprint density at radius 3 is 2.97 bits per heavy atom. The molecular weight excluding hydrogens is 387 g/mol. The highest BCUT2D eigenvalue weighted by molar-refractivity contribution is 5.69. The molecule has 30 heavy (non-hydrogen) atoms. The van der Waals surface area contributed by atoms with Crippen LogP contribution < -0.4 is 15.2 Å². The van der Waals surface area contributed by atoms with Gasteiger partial charge in [-0.25, -0.2) is 14.4 Å². The van der Waals surface area contributed by atoms with E-state index in [9.17, 15) is 9.65 Å². The van der Waals surface area contributed by atoms with Crippen LogP contribution >= 0.6 is 0 Å². The molecule has 0 radical (unpaired) electrons. The van der Waals surface area contributed by atoms with Crippen molar-refractivity contribution in [3.8, 4) is 29.0 Å². The number of ether oxygens (including phenoxy) is 2. The van der Waals surface area contributed by atoms with Gasteiger partial charge in [0.1, 0.15) is 35.5 Å². The topological polar surface area (TPSA) is 112 Å². The molecule has 0 amide bonds. The van der Waals surface area contributed by atoms with Gasteiger partial charge in [-0.15, -0.1) is 0 Å². The fourth-order valence-corrected chi connectivity index (χ4v) is 3.87. The molecule has 152 valence electrons. The molecule has 2 aliphatic rings. The summed E-state index contributed by atoms with van der Waals surface area (Å²) in [6, 6.07) is 6.58. The fraction of sp³-hybridized carbons (Fsp3) is 0.333. The van der Waals surface area contributed by atoms with Crippen LogP contribution in [0.3, 0.4) is 0 Å². The molecule has 2 N–H and O–H groups in total. The van der Waals surface area contributed by atoms with Crippen LogP contribution in [0.2, 0.25) is 0 Å². The Kier molecular flexibility index (Phi) is 4.10. The van der Waals surface area contributed by atoms with Gasteiger partial charge in [-0.3, -0.25) is 4.68 Å². The van der Waals surface area contributed by atoms with Gasteiger partial charge in [0, 0.05) is 18.5 Å². The van der Waals surface area contributed by atoms with Gasteiger partial charge in [0.05, 0.1) is 23.1 Å². The lowest BCUT2D eigenvalue weighted by molar-refractivity contribution is 0.205. The number of anilines is 1. The maximum Gasteiger partial charge on any atom is 0.258 e. The fourth-order valence-electron chi connectivity index (χ4n) is 3.87. The predicted octanol–water partition coefficient (Wildman–Crippen LogP) is 2.93. The van der Waals surface area contributed by atoms with E-state index in [0.717, 1.165) is 12.1 Å². The lowest BCUT2D eigenvalue weighted by Crippen LogP contribution is -2.11. The second-order valence-electron chi connectivity index (χ2n) is 7.65. The summed E-state index contributed by atoms with van der Waals surface area (Å²) < 4.78 is 27.6. The summed E-state index contributed by atoms with van der Waals surface area (Å²) in [6.45, 7) is 1.77. The van der Waals surface area contributed by atoms with E-state index >= 15 is 0 Å². The monoisotopic (exact) mass is 406 g/mol. The summed E-state index contributed by atoms with van der Waals surface area (Å²) in [6.07, 6.45) is 2.40. The van der Waals surface area contributed by atoms with Crippen molar-refractivity contribution in [1.82, 2.24) is 19.7 Å². The normalized spacial score (nSPS) is 21.9. The first-order valence-electron chi connectivity index (χ1n) is 9.66. The van der Waals surface area contributed by atoms with Crippen LogP contribution in [0.4, 0.5) is 10.2 Å². The zero-order valence-corrected chi connectivity index (χ0v) is 16.5. The molecule has 1 aliphatic carbocycles. The van der Waals surface area contributed by atoms with E-state index in [4.69, 9.17) is 15.2 Å². The van der Waals surface area contributed by atoms with Crippen LogP contribution in [0.5, 0.6) is 11.6 Å². The summed E-state index contributed by atoms with van der Waals surface area (Å²) >= 11 is 0. The maximum atomic E-state index is 13.9. The highest BCUT2D eigenvalue weighted by atomic mass is 19.1. The van der Waals surface area contributed by atoms with E-state index in [2.05, 4.69) is 21.1 Å². The van der Waals surface area contributed by atoms with Crippen molar-refractivity contribution in [2.75, 3.05) is 5.73 Å². The molecular formula is C21H19FN6O2. The average Bonchev–Trinajstić information content (AvgIpc) is 3.36. The number of hydrogen-bond donors (Lipinski definition) is 1. The molecule has 1 saturated carbocycles. The molecule has 2 bridgehead atoms. The number of nitrogens with two attached hydrogens (primary N) is 1. The van der Waals surface area contributed by atoms with Crippen LogP contribution in [-0.4, -0.2) is 25.9 Å². The molecule has 3 aromatic rings. The molecule has 1 fully saturated rings. The number of rotatable bonds is 0. The number of benzene rings is 1. The van der Waals surface area contributed by atoms with Gasteiger partial charge in [-0.05, 0) is 38.0 Å². The third kappa shape index (κ3) is 3.01. The summed E-state index contributed by atoms with van der Waals surface area (Å²) in [7, 11) is 1.73. The van der Waals surface area contributed by atoms with Crippen molar-refractivity contribution in [1.29, 1.82) is 5.26 Å². The Bertz CT molecular complexity index is 1200. The van der Waals surface area contributed by atoms with Crippen molar-refractivity contribution in [2.24, 2.45) is 13.0 Å². The van der Waals surface area contributed by atoms with Crippen LogP contribution in [0, 0.1) is 23.1 Å². The molecule has 3 unspecified atom stereocenters. The predicted molar refractivity (Wildman–Crippen MR) is 105 cm³/mol. The molecule has 8 nitrogen and oxygen atoms in total. The van der Waals surface area contributed by atoms with Crippen molar-refractivity contribution in [3.05, 3.63) is 47.2 Å². The largest absolute Gasteiger partial charge is 0.490 e. The molecule has 9 heteroatoms. The first-order valence-corrected chi connectivity index (χ1v) is 9.66. The van der Waals surface area contributed by atoms with Gasteiger partial charge in [-0.2, -0.15) is 10.4 Å². The van der Waals surface area contributed by atoms with E-state index in [1.807, 2.05) is 0 Å². The third-order valence-corrected chi connectivity index (χ3v) is 5.54. The highest BCUT2D eigenvalue weighted by Crippen LogP contribution is 2.42. The minimum absolute atomic E-state index is 0.0122. The summed E-state index contributed by atoms with van der Waals surface area (Å²) in [5.74, 6) is 0.635. The number of fused-ring (bicyclic) bond motifs is 6. The van der Waals surface area contributed by atoms with Gasteiger partial charge >= 0.3 is 0 Å². The van der Waals surface area contributed by atoms with Crippen LogP contribution in [-0.2, 0) is 13.5 Å². The quantitative estimate of drug-likeness (QED) is 0.611. The molecule has 3 heterocycles. The number of halogens is 1. The van der Waals surface area contributed by atoms with E-state index in [0.29, 0.717) is 34.7 Å². The Hall–Kier alpha value is -3.67. The number of nitriles is 1. The maximum absolute atomic E-state index is 13.9. The van der Waals surface area contributed by atoms with Gasteiger partial charge in [0.2, 0.25) is 0 Å². The number of aryl methyl sites for hydroxylation is 1. The van der Waals surface area contributed by atoms with Crippen molar-refractivity contribution < 1.29 is 13.9 Å². The summed E-state index contributed by atoms with van der Waals surface area (Å²) in [5.41, 5.74) is 8.79. The Morgan fingerprint density at radius 1 is 1.33 bits per heavy atom. The molecule has 0 saturated heterocycles. The molecule has 0 spiro atoms. The van der Waals surface area contributed by atoms with Crippen LogP contribution in [0.1, 0.15) is 36.4 Å². The minimum atomic E-state index is -0.579. The number of hydrogen-bond acceptors (Lipinski definition) is 7. The van der Waals surface area contributed by atoms with Crippen molar-refractivity contribution >= 4 is 5.82 Å². The van der Waals surface area contributed by atoms with Gasteiger partial charge in [0.15, 0.2) is 5.82 Å². The SMILES string of the molecule is CC1Oc2nc(cnc2N)-c2c(nn(C)c2C#N)CC2CC2Oc2ccc(F)cc21. The van der Waals surface area contributed by atoms with E-state index in [-0.39, 0.29) is 29.5 Å². The third-order valence-electron chi connectivity index (χ3n) is 5.54. The Labute approximate surface area is 172 Å². The van der Waals surface area contributed by atoms with Gasteiger partial charge < -0.3 is 15.2 Å². The Morgan fingerprint density at radius 2 is 2.17 bits per heavy atom. The second-order valence-corrected chi connectivity index (χ2v) is 7.65. The van der Waals surface area contributed by atoms with Crippen LogP contribution in [0.25, 0.3) is 11.3 Å². The summed E-state index contributed by atoms with van der Waals surface area (Å²) in [4.78, 5) is 8.75. The second kappa shape index (κ2) is 6.69. The number of aromatic nitrogens is 4. The zero-order valence-electron chi connectivity index (χ0n) is 16.5. The molecule has 5 rings (SSSR count). The lowest BCUT2D eigenvalue weighted by atomic mass is 10.1. The van der Waals surface area contributed by atoms with E-state index in [1.165, 1.54) is 18.3 Å². The van der Waals surface area contributed by atoms with Gasteiger partial charge in [0.25, 0.3) is 5.88 Å². The molecule has 3 atom stereocenters. The smallest absolute Gasteiger partial charge is 0.258 e. The molecule has 2 aromatic heterocycles. The van der Waals surface area contributed by atoms with E-state index < -0.39 is 6.10 Å². The van der Waals surface area contributed by atoms with Gasteiger partial charge in [-0.1, -0.05) is 0 Å². The van der Waals surface area contributed by atoms with Crippen LogP contribution in [0.15, 0.2) is 24.4 Å². The highest BCUT2D eigenvalue weighted by Gasteiger charge is 2.42. The molecule has 1 aliphatic heterocycles. The first-order chi connectivity index (χ1) is 14.4. The lowest BCUT2D eigenvalue weighted by Gasteiger charge is -2.19.